The van der Waals surface area contributed by atoms with Crippen LogP contribution in [-0.4, -0.2) is 26.4 Å². The number of hydrogen-bond acceptors (Lipinski definition) is 4. The second-order valence-corrected chi connectivity index (χ2v) is 6.44. The van der Waals surface area contributed by atoms with E-state index in [1.165, 1.54) is 0 Å². The molecule has 4 heteroatoms. The fourth-order valence-electron chi connectivity index (χ4n) is 4.16. The van der Waals surface area contributed by atoms with Gasteiger partial charge in [0.15, 0.2) is 0 Å². The van der Waals surface area contributed by atoms with Gasteiger partial charge in [0.05, 0.1) is 26.4 Å². The van der Waals surface area contributed by atoms with Gasteiger partial charge in [0.1, 0.15) is 0 Å². The largest absolute Gasteiger partial charge is 0.339 e. The molecule has 2 aromatic rings. The first kappa shape index (κ1) is 15.6. The van der Waals surface area contributed by atoms with Crippen LogP contribution >= 0.6 is 0 Å². The van der Waals surface area contributed by atoms with Crippen molar-refractivity contribution in [1.82, 2.24) is 0 Å². The number of hydrogen-bond donors (Lipinski definition) is 0. The molecule has 0 aromatic heterocycles. The molecule has 4 nitrogen and oxygen atoms in total. The summed E-state index contributed by atoms with van der Waals surface area (Å²) in [6.07, 6.45) is 11.3. The van der Waals surface area contributed by atoms with E-state index in [4.69, 9.17) is 31.8 Å². The summed E-state index contributed by atoms with van der Waals surface area (Å²) in [5.41, 5.74) is 5.10. The Labute approximate surface area is 152 Å². The number of fused-ring (bicyclic) bond motifs is 3. The second kappa shape index (κ2) is 5.45. The van der Waals surface area contributed by atoms with Crippen LogP contribution in [0, 0.1) is 24.7 Å². The molecule has 0 bridgehead atoms. The van der Waals surface area contributed by atoms with Crippen LogP contribution in [0.15, 0.2) is 36.4 Å². The van der Waals surface area contributed by atoms with Gasteiger partial charge < -0.3 is 18.9 Å². The summed E-state index contributed by atoms with van der Waals surface area (Å²) in [6.45, 7) is 1.66. The minimum absolute atomic E-state index is 0.416. The molecule has 0 unspecified atom stereocenters. The topological polar surface area (TPSA) is 36.9 Å². The number of benzene rings is 2. The van der Waals surface area contributed by atoms with Crippen molar-refractivity contribution in [2.45, 2.75) is 11.6 Å². The Morgan fingerprint density at radius 2 is 1.04 bits per heavy atom. The van der Waals surface area contributed by atoms with E-state index in [1.54, 1.807) is 0 Å². The molecule has 0 atom stereocenters. The first-order valence-corrected chi connectivity index (χ1v) is 8.52. The predicted molar refractivity (Wildman–Crippen MR) is 94.9 cm³/mol. The molecule has 2 aliphatic heterocycles. The Bertz CT molecular complexity index is 899. The van der Waals surface area contributed by atoms with Crippen LogP contribution in [-0.2, 0) is 30.5 Å². The Balaban J connectivity index is 1.89. The zero-order valence-electron chi connectivity index (χ0n) is 14.1. The Hall–Kier alpha value is -2.60. The highest BCUT2D eigenvalue weighted by Crippen LogP contribution is 2.59. The maximum Gasteiger partial charge on any atom is 0.256 e. The quantitative estimate of drug-likeness (QED) is 0.689. The van der Waals surface area contributed by atoms with Gasteiger partial charge in [-0.1, -0.05) is 24.0 Å². The van der Waals surface area contributed by atoms with Crippen molar-refractivity contribution < 1.29 is 18.9 Å². The van der Waals surface area contributed by atoms with E-state index in [9.17, 15) is 0 Å². The summed E-state index contributed by atoms with van der Waals surface area (Å²) >= 11 is 0. The van der Waals surface area contributed by atoms with Crippen molar-refractivity contribution >= 4 is 0 Å². The summed E-state index contributed by atoms with van der Waals surface area (Å²) in [5.74, 6) is 3.07. The van der Waals surface area contributed by atoms with Gasteiger partial charge in [0, 0.05) is 22.3 Å². The molecule has 0 N–H and O–H groups in total. The molecule has 2 saturated heterocycles. The molecule has 0 saturated carbocycles. The minimum Gasteiger partial charge on any atom is -0.339 e. The van der Waals surface area contributed by atoms with Crippen molar-refractivity contribution in [1.29, 1.82) is 0 Å². The van der Waals surface area contributed by atoms with Crippen LogP contribution in [0.2, 0.25) is 0 Å². The van der Waals surface area contributed by atoms with Crippen LogP contribution in [0.25, 0.3) is 11.1 Å². The average Bonchev–Trinajstić information content (AvgIpc) is 2.72. The van der Waals surface area contributed by atoms with Crippen LogP contribution in [0.1, 0.15) is 22.3 Å². The molecule has 0 amide bonds. The van der Waals surface area contributed by atoms with Crippen molar-refractivity contribution in [3.05, 3.63) is 58.7 Å². The fourth-order valence-corrected chi connectivity index (χ4v) is 4.16. The van der Waals surface area contributed by atoms with Gasteiger partial charge in [-0.15, -0.1) is 12.8 Å². The molecule has 2 aromatic carbocycles. The molecule has 2 fully saturated rings. The van der Waals surface area contributed by atoms with Gasteiger partial charge >= 0.3 is 0 Å². The first-order chi connectivity index (χ1) is 12.7. The Morgan fingerprint density at radius 1 is 0.654 bits per heavy atom. The summed E-state index contributed by atoms with van der Waals surface area (Å²) in [6, 6.07) is 11.6. The number of terminal acetylenes is 2. The van der Waals surface area contributed by atoms with Crippen LogP contribution in [0.5, 0.6) is 0 Å². The first-order valence-electron chi connectivity index (χ1n) is 8.52. The third-order valence-corrected chi connectivity index (χ3v) is 5.19. The van der Waals surface area contributed by atoms with E-state index < -0.39 is 11.6 Å². The highest BCUT2D eigenvalue weighted by atomic mass is 16.8. The van der Waals surface area contributed by atoms with E-state index in [0.29, 0.717) is 26.4 Å². The third kappa shape index (κ3) is 1.80. The molecule has 3 aliphatic rings. The van der Waals surface area contributed by atoms with Gasteiger partial charge in [0.2, 0.25) is 0 Å². The minimum atomic E-state index is -1.16. The molecule has 128 valence electrons. The van der Waals surface area contributed by atoms with Crippen molar-refractivity contribution in [2.75, 3.05) is 26.4 Å². The molecule has 0 spiro atoms. The summed E-state index contributed by atoms with van der Waals surface area (Å²) in [4.78, 5) is 0. The SMILES string of the molecule is C#Cc1ccc2c(c1)-c1cc(C#C)ccc1C13OCCOC21OCCO3. The lowest BCUT2D eigenvalue weighted by atomic mass is 9.75. The molecule has 5 rings (SSSR count). The normalized spacial score (nSPS) is 28.5. The van der Waals surface area contributed by atoms with E-state index in [0.717, 1.165) is 33.4 Å². The molecular formula is C22H16O4. The number of ether oxygens (including phenoxy) is 4. The Morgan fingerprint density at radius 3 is 1.38 bits per heavy atom. The maximum absolute atomic E-state index is 6.21. The molecule has 0 radical (unpaired) electrons. The zero-order chi connectivity index (χ0) is 17.8. The highest BCUT2D eigenvalue weighted by molar-refractivity contribution is 5.78. The monoisotopic (exact) mass is 344 g/mol. The lowest BCUT2D eigenvalue weighted by Gasteiger charge is -2.56. The summed E-state index contributed by atoms with van der Waals surface area (Å²) < 4.78 is 24.9. The zero-order valence-corrected chi connectivity index (χ0v) is 14.1. The van der Waals surface area contributed by atoms with Crippen molar-refractivity contribution in [2.24, 2.45) is 0 Å². The Kier molecular flexibility index (Phi) is 3.28. The van der Waals surface area contributed by atoms with Gasteiger partial charge in [-0.05, 0) is 35.4 Å². The lowest BCUT2D eigenvalue weighted by Crippen LogP contribution is -2.64. The van der Waals surface area contributed by atoms with Gasteiger partial charge in [-0.25, -0.2) is 0 Å². The molecule has 26 heavy (non-hydrogen) atoms. The molecule has 1 aliphatic carbocycles. The fraction of sp³-hybridized carbons (Fsp3) is 0.273. The smallest absolute Gasteiger partial charge is 0.256 e. The standard InChI is InChI=1S/C22H16O4/c1-3-15-5-7-19-17(13-15)18-14-16(4-2)6-8-20(18)22-21(19,23-9-11-25-22)24-10-12-26-22/h1-2,5-8,13-14H,9-12H2. The van der Waals surface area contributed by atoms with Crippen LogP contribution in [0.3, 0.4) is 0 Å². The van der Waals surface area contributed by atoms with E-state index >= 15 is 0 Å². The number of rotatable bonds is 0. The average molecular weight is 344 g/mol. The maximum atomic E-state index is 6.21. The van der Waals surface area contributed by atoms with Gasteiger partial charge in [0.25, 0.3) is 11.6 Å². The van der Waals surface area contributed by atoms with Crippen LogP contribution < -0.4 is 0 Å². The van der Waals surface area contributed by atoms with Crippen LogP contribution in [0.4, 0.5) is 0 Å². The van der Waals surface area contributed by atoms with Crippen molar-refractivity contribution in [3.63, 3.8) is 0 Å². The molecular weight excluding hydrogens is 328 g/mol. The second-order valence-electron chi connectivity index (χ2n) is 6.44. The van der Waals surface area contributed by atoms with Gasteiger partial charge in [-0.3, -0.25) is 0 Å². The summed E-state index contributed by atoms with van der Waals surface area (Å²) in [7, 11) is 0. The third-order valence-electron chi connectivity index (χ3n) is 5.19. The van der Waals surface area contributed by atoms with Gasteiger partial charge in [-0.2, -0.15) is 0 Å². The van der Waals surface area contributed by atoms with E-state index in [1.807, 2.05) is 36.4 Å². The highest BCUT2D eigenvalue weighted by Gasteiger charge is 2.66. The molecule has 2 heterocycles. The lowest BCUT2D eigenvalue weighted by molar-refractivity contribution is -0.483. The predicted octanol–water partition coefficient (Wildman–Crippen LogP) is 2.73. The van der Waals surface area contributed by atoms with Crippen molar-refractivity contribution in [3.8, 4) is 35.8 Å². The van der Waals surface area contributed by atoms with E-state index in [2.05, 4.69) is 11.8 Å². The van der Waals surface area contributed by atoms with E-state index in [-0.39, 0.29) is 0 Å². The summed E-state index contributed by atoms with van der Waals surface area (Å²) in [5, 5.41) is 0.